The third-order valence-electron chi connectivity index (χ3n) is 3.25. The molecule has 0 radical (unpaired) electrons. The quantitative estimate of drug-likeness (QED) is 0.331. The molecule has 5 heteroatoms. The Morgan fingerprint density at radius 3 is 2.19 bits per heavy atom. The summed E-state index contributed by atoms with van der Waals surface area (Å²) in [5, 5.41) is 0. The van der Waals surface area contributed by atoms with E-state index in [2.05, 4.69) is 68.8 Å². The fourth-order valence-electron chi connectivity index (χ4n) is 2.54. The molecule has 1 aromatic carbocycles. The van der Waals surface area contributed by atoms with E-state index in [1.165, 1.54) is 12.6 Å². The topological polar surface area (TPSA) is 0 Å². The van der Waals surface area contributed by atoms with E-state index in [1.807, 2.05) is 0 Å². The average molecular weight is 532 g/mol. The summed E-state index contributed by atoms with van der Waals surface area (Å²) in [5.41, 5.74) is 1.58. The third kappa shape index (κ3) is 7.32. The first-order valence-corrected chi connectivity index (χ1v) is 12.5. The Balaban J connectivity index is 0. The van der Waals surface area contributed by atoms with Crippen molar-refractivity contribution in [2.24, 2.45) is 0 Å². The van der Waals surface area contributed by atoms with Gasteiger partial charge in [-0.25, -0.2) is 0 Å². The molecule has 0 amide bonds. The predicted octanol–water partition coefficient (Wildman–Crippen LogP) is 5.84. The van der Waals surface area contributed by atoms with Gasteiger partial charge in [0.25, 0.3) is 0 Å². The van der Waals surface area contributed by atoms with E-state index in [9.17, 15) is 0 Å². The number of hydrogen-bond donors (Lipinski definition) is 0. The van der Waals surface area contributed by atoms with Crippen LogP contribution in [0.3, 0.4) is 0 Å². The van der Waals surface area contributed by atoms with Gasteiger partial charge in [0.1, 0.15) is 0 Å². The molecule has 0 aliphatic heterocycles. The molecule has 0 aromatic heterocycles. The van der Waals surface area contributed by atoms with Crippen LogP contribution < -0.4 is 0 Å². The van der Waals surface area contributed by atoms with Gasteiger partial charge in [0.05, 0.1) is 0 Å². The van der Waals surface area contributed by atoms with Crippen LogP contribution in [-0.2, 0) is 26.1 Å². The van der Waals surface area contributed by atoms with Gasteiger partial charge in [-0.1, -0.05) is 0 Å². The second-order valence-corrected chi connectivity index (χ2v) is 15.0. The van der Waals surface area contributed by atoms with Gasteiger partial charge in [-0.3, -0.25) is 0 Å². The maximum Gasteiger partial charge on any atom is -0.147 e. The smallest absolute Gasteiger partial charge is 0.147 e. The van der Waals surface area contributed by atoms with Crippen molar-refractivity contribution in [1.29, 1.82) is 0 Å². The van der Waals surface area contributed by atoms with Crippen LogP contribution in [0.4, 0.5) is 0 Å². The summed E-state index contributed by atoms with van der Waals surface area (Å²) in [4.78, 5) is 0. The van der Waals surface area contributed by atoms with Crippen molar-refractivity contribution in [1.82, 2.24) is 0 Å². The molecule has 0 saturated heterocycles. The van der Waals surface area contributed by atoms with Crippen molar-refractivity contribution in [3.63, 3.8) is 0 Å². The molecule has 2 rings (SSSR count). The molecule has 1 atom stereocenters. The fraction of sp³-hybridized carbons (Fsp3) is 0.375. The molecule has 0 N–H and O–H groups in total. The van der Waals surface area contributed by atoms with Crippen molar-refractivity contribution in [3.8, 4) is 0 Å². The zero-order valence-electron chi connectivity index (χ0n) is 12.7. The molecule has 118 valence electrons. The molecule has 1 aliphatic carbocycles. The molecule has 1 aliphatic rings. The molecule has 0 bridgehead atoms. The summed E-state index contributed by atoms with van der Waals surface area (Å²) in [5.74, 6) is 0. The first kappa shape index (κ1) is 24.1. The number of halogens is 3. The molecular formula is C16H24Cl3HfP. The Labute approximate surface area is 160 Å². The molecule has 0 saturated carbocycles. The number of hydrogen-bond acceptors (Lipinski definition) is 0. The van der Waals surface area contributed by atoms with Crippen molar-refractivity contribution < 1.29 is 22.9 Å². The van der Waals surface area contributed by atoms with Gasteiger partial charge in [-0.05, 0) is 0 Å². The molecule has 0 fully saturated rings. The monoisotopic (exact) mass is 532 g/mol. The first-order valence-electron chi connectivity index (χ1n) is 6.44. The molecule has 21 heavy (non-hydrogen) atoms. The Kier molecular flexibility index (Phi) is 13.1. The van der Waals surface area contributed by atoms with E-state index in [0.717, 1.165) is 0 Å². The largest absolute Gasteiger partial charge is 0.147 e. The minimum atomic E-state index is -0.789. The molecule has 0 heterocycles. The maximum absolute atomic E-state index is 2.52. The average Bonchev–Trinajstić information content (AvgIpc) is 2.81. The van der Waals surface area contributed by atoms with E-state index in [4.69, 9.17) is 0 Å². The van der Waals surface area contributed by atoms with Crippen molar-refractivity contribution in [3.05, 3.63) is 57.5 Å². The Hall–Kier alpha value is 0.870. The normalized spacial score (nSPS) is 15.1. The van der Waals surface area contributed by atoms with Crippen molar-refractivity contribution in [2.75, 3.05) is 19.5 Å². The van der Waals surface area contributed by atoms with Crippen molar-refractivity contribution in [2.45, 2.75) is 16.5 Å². The Bertz CT molecular complexity index is 460. The van der Waals surface area contributed by atoms with E-state index < -0.39 is 22.9 Å². The van der Waals surface area contributed by atoms with Crippen molar-refractivity contribution >= 4 is 45.1 Å². The molecule has 1 unspecified atom stereocenters. The Morgan fingerprint density at radius 1 is 1.10 bits per heavy atom. The fourth-order valence-corrected chi connectivity index (χ4v) is 13.4. The van der Waals surface area contributed by atoms with E-state index in [-0.39, 0.29) is 45.1 Å². The molecule has 0 nitrogen and oxygen atoms in total. The van der Waals surface area contributed by atoms with E-state index in [1.54, 1.807) is 8.89 Å². The minimum Gasteiger partial charge on any atom is -0.147 e. The van der Waals surface area contributed by atoms with E-state index >= 15 is 0 Å². The van der Waals surface area contributed by atoms with Gasteiger partial charge in [-0.15, -0.1) is 37.2 Å². The zero-order chi connectivity index (χ0) is 13.0. The summed E-state index contributed by atoms with van der Waals surface area (Å²) in [6.45, 7) is 7.36. The van der Waals surface area contributed by atoms with E-state index in [0.29, 0.717) is 3.17 Å². The van der Waals surface area contributed by atoms with Gasteiger partial charge in [0.2, 0.25) is 0 Å². The van der Waals surface area contributed by atoms with Crippen LogP contribution in [0.1, 0.15) is 18.9 Å². The van der Waals surface area contributed by atoms with Crippen LogP contribution >= 0.6 is 45.1 Å². The van der Waals surface area contributed by atoms with Crippen LogP contribution in [0.15, 0.2) is 51.9 Å². The number of rotatable bonds is 5. The summed E-state index contributed by atoms with van der Waals surface area (Å²) in [6.07, 6.45) is 9.57. The summed E-state index contributed by atoms with van der Waals surface area (Å²) < 4.78 is 2.27. The molecule has 0 spiro atoms. The summed E-state index contributed by atoms with van der Waals surface area (Å²) in [6, 6.07) is 11.2. The number of benzene rings is 1. The van der Waals surface area contributed by atoms with Crippen LogP contribution in [-0.4, -0.2) is 19.5 Å². The van der Waals surface area contributed by atoms with Crippen LogP contribution in [0.5, 0.6) is 0 Å². The van der Waals surface area contributed by atoms with Gasteiger partial charge in [0.15, 0.2) is 0 Å². The third-order valence-corrected chi connectivity index (χ3v) is 11.7. The second-order valence-electron chi connectivity index (χ2n) is 5.39. The maximum atomic E-state index is 2.52. The van der Waals surface area contributed by atoms with Crippen LogP contribution in [0, 0.1) is 0 Å². The Morgan fingerprint density at radius 2 is 1.71 bits per heavy atom. The van der Waals surface area contributed by atoms with Crippen LogP contribution in [0.25, 0.3) is 0 Å². The molecule has 1 aromatic rings. The SMILES string of the molecule is CP(C)C[C](C)([Hf][C]1=CC=CC1)c1ccccc1.Cl.Cl.Cl. The van der Waals surface area contributed by atoms with Gasteiger partial charge < -0.3 is 0 Å². The first-order chi connectivity index (χ1) is 8.60. The number of allylic oxidation sites excluding steroid dienone is 4. The second kappa shape index (κ2) is 11.4. The van der Waals surface area contributed by atoms with Gasteiger partial charge in [0, 0.05) is 0 Å². The van der Waals surface area contributed by atoms with Crippen LogP contribution in [0.2, 0.25) is 0 Å². The zero-order valence-corrected chi connectivity index (χ0v) is 19.6. The van der Waals surface area contributed by atoms with Gasteiger partial charge in [-0.2, -0.15) is 0 Å². The summed E-state index contributed by atoms with van der Waals surface area (Å²) >= 11 is -0.789. The summed E-state index contributed by atoms with van der Waals surface area (Å²) in [7, 11) is 0.169. The predicted molar refractivity (Wildman–Crippen MR) is 101 cm³/mol. The standard InChI is InChI=1S/C11H16P.C5H5.3ClH.Hf/c1-10(9-12(2)3)11-7-5-4-6-8-11;1-2-4-5-3-1;;;;/h4-8H,9H2,1-3H3;1-3H,4H2;3*1H;. The van der Waals surface area contributed by atoms with Gasteiger partial charge >= 0.3 is 124 Å². The minimum absolute atomic E-state index is 0. The molecular weight excluding hydrogens is 508 g/mol.